The second kappa shape index (κ2) is 5.55. The van der Waals surface area contributed by atoms with Gasteiger partial charge in [-0.1, -0.05) is 11.3 Å². The maximum atomic E-state index is 9.22. The predicted molar refractivity (Wildman–Crippen MR) is 56.4 cm³/mol. The van der Waals surface area contributed by atoms with Crippen LogP contribution < -0.4 is 4.57 Å². The minimum Gasteiger partial charge on any atom is -0.726 e. The molecule has 0 atom stereocenters. The summed E-state index contributed by atoms with van der Waals surface area (Å²) in [5.74, 6) is 0. The molecule has 0 aliphatic heterocycles. The largest absolute Gasteiger partial charge is 0.726 e. The molecule has 0 N–H and O–H groups in total. The first kappa shape index (κ1) is 14.5. The molecule has 0 spiro atoms. The van der Waals surface area contributed by atoms with E-state index in [-0.39, 0.29) is 0 Å². The van der Waals surface area contributed by atoms with Gasteiger partial charge in [-0.3, -0.25) is 4.18 Å². The second-order valence-corrected chi connectivity index (χ2v) is 5.45. The van der Waals surface area contributed by atoms with Crippen LogP contribution in [-0.4, -0.2) is 20.1 Å². The molecule has 5 nitrogen and oxygen atoms in total. The molecule has 0 saturated heterocycles. The van der Waals surface area contributed by atoms with E-state index in [9.17, 15) is 13.0 Å². The van der Waals surface area contributed by atoms with E-state index in [0.717, 1.165) is 7.11 Å². The van der Waals surface area contributed by atoms with Crippen LogP contribution >= 0.6 is 11.3 Å². The van der Waals surface area contributed by atoms with Gasteiger partial charge >= 0.3 is 0 Å². The van der Waals surface area contributed by atoms with Crippen LogP contribution in [0.15, 0.2) is 0 Å². The molecular formula is C8H15NO4S2. The minimum atomic E-state index is -4.41. The Morgan fingerprint density at radius 1 is 1.33 bits per heavy atom. The smallest absolute Gasteiger partial charge is 0.234 e. The number of thiazole rings is 1. The number of nitrogens with zero attached hydrogens (tertiary/aromatic N) is 1. The Kier molecular flexibility index (Phi) is 5.36. The van der Waals surface area contributed by atoms with Crippen molar-refractivity contribution in [1.82, 2.24) is 0 Å². The van der Waals surface area contributed by atoms with E-state index in [1.807, 2.05) is 11.3 Å². The highest BCUT2D eigenvalue weighted by atomic mass is 32.3. The summed E-state index contributed by atoms with van der Waals surface area (Å²) in [6.45, 7) is 6.45. The molecule has 7 heteroatoms. The van der Waals surface area contributed by atoms with Gasteiger partial charge in [-0.25, -0.2) is 8.42 Å². The number of hydrogen-bond donors (Lipinski definition) is 0. The zero-order valence-electron chi connectivity index (χ0n) is 9.40. The van der Waals surface area contributed by atoms with E-state index in [1.165, 1.54) is 15.6 Å². The number of hydrogen-bond acceptors (Lipinski definition) is 5. The van der Waals surface area contributed by atoms with Crippen LogP contribution in [0.5, 0.6) is 0 Å². The third-order valence-electron chi connectivity index (χ3n) is 1.99. The first-order chi connectivity index (χ1) is 6.69. The Morgan fingerprint density at radius 2 is 1.73 bits per heavy atom. The summed E-state index contributed by atoms with van der Waals surface area (Å²) < 4.78 is 33.2. The fraction of sp³-hybridized carbons (Fsp3) is 0.625. The van der Waals surface area contributed by atoms with Gasteiger partial charge in [0, 0.05) is 13.8 Å². The summed E-state index contributed by atoms with van der Waals surface area (Å²) >= 11 is 1.86. The van der Waals surface area contributed by atoms with Crippen LogP contribution in [0, 0.1) is 20.8 Å². The number of aryl methyl sites for hydroxylation is 2. The summed E-state index contributed by atoms with van der Waals surface area (Å²) in [6.07, 6.45) is 0. The Hall–Kier alpha value is -0.500. The lowest BCUT2D eigenvalue weighted by molar-refractivity contribution is -0.678. The zero-order chi connectivity index (χ0) is 12.2. The maximum absolute atomic E-state index is 9.22. The molecule has 0 aromatic carbocycles. The van der Waals surface area contributed by atoms with Gasteiger partial charge in [0.25, 0.3) is 0 Å². The van der Waals surface area contributed by atoms with Crippen molar-refractivity contribution in [2.24, 2.45) is 7.05 Å². The highest BCUT2D eigenvalue weighted by Crippen LogP contribution is 2.11. The van der Waals surface area contributed by atoms with E-state index in [0.29, 0.717) is 0 Å². The van der Waals surface area contributed by atoms with Crippen molar-refractivity contribution in [1.29, 1.82) is 0 Å². The normalized spacial score (nSPS) is 10.8. The second-order valence-electron chi connectivity index (χ2n) is 2.90. The molecule has 0 aliphatic carbocycles. The molecule has 0 saturated carbocycles. The van der Waals surface area contributed by atoms with Gasteiger partial charge in [0.05, 0.1) is 12.0 Å². The van der Waals surface area contributed by atoms with Crippen molar-refractivity contribution in [2.75, 3.05) is 7.11 Å². The molecule has 0 fully saturated rings. The van der Waals surface area contributed by atoms with Gasteiger partial charge in [0.1, 0.15) is 7.05 Å². The van der Waals surface area contributed by atoms with Crippen molar-refractivity contribution in [3.8, 4) is 0 Å². The molecule has 1 heterocycles. The van der Waals surface area contributed by atoms with Crippen molar-refractivity contribution in [2.45, 2.75) is 20.8 Å². The standard InChI is InChI=1S/C7H12NS.CH4O4S/c1-5-6(2)9-7(3)8(5)4;1-5-6(2,3)4/h1-4H3;1H3,(H,2,3,4)/q+1;/p-1. The summed E-state index contributed by atoms with van der Waals surface area (Å²) in [6, 6.07) is 0. The molecule has 0 radical (unpaired) electrons. The van der Waals surface area contributed by atoms with Gasteiger partial charge in [-0.2, -0.15) is 4.57 Å². The van der Waals surface area contributed by atoms with Crippen LogP contribution in [0.2, 0.25) is 0 Å². The average Bonchev–Trinajstić information content (AvgIpc) is 2.33. The zero-order valence-corrected chi connectivity index (χ0v) is 11.0. The first-order valence-corrected chi connectivity index (χ1v) is 6.28. The molecule has 0 amide bonds. The third kappa shape index (κ3) is 5.22. The lowest BCUT2D eigenvalue weighted by atomic mass is 10.4. The van der Waals surface area contributed by atoms with E-state index < -0.39 is 10.4 Å². The van der Waals surface area contributed by atoms with Crippen LogP contribution in [0.25, 0.3) is 0 Å². The Labute approximate surface area is 94.3 Å². The van der Waals surface area contributed by atoms with E-state index >= 15 is 0 Å². The minimum absolute atomic E-state index is 0.808. The predicted octanol–water partition coefficient (Wildman–Crippen LogP) is 0.591. The average molecular weight is 253 g/mol. The van der Waals surface area contributed by atoms with Gasteiger partial charge in [0.2, 0.25) is 15.4 Å². The lowest BCUT2D eigenvalue weighted by Crippen LogP contribution is -2.31. The van der Waals surface area contributed by atoms with Crippen molar-refractivity contribution in [3.63, 3.8) is 0 Å². The summed E-state index contributed by atoms with van der Waals surface area (Å²) in [4.78, 5) is 1.43. The summed E-state index contributed by atoms with van der Waals surface area (Å²) in [5, 5.41) is 1.38. The van der Waals surface area contributed by atoms with Crippen LogP contribution in [0.4, 0.5) is 0 Å². The van der Waals surface area contributed by atoms with E-state index in [4.69, 9.17) is 0 Å². The molecular weight excluding hydrogens is 238 g/mol. The molecule has 0 aliphatic rings. The Bertz CT molecular complexity index is 400. The monoisotopic (exact) mass is 253 g/mol. The van der Waals surface area contributed by atoms with Gasteiger partial charge < -0.3 is 4.55 Å². The van der Waals surface area contributed by atoms with Crippen LogP contribution in [0.1, 0.15) is 15.6 Å². The number of aromatic nitrogens is 1. The fourth-order valence-electron chi connectivity index (χ4n) is 0.836. The van der Waals surface area contributed by atoms with Crippen molar-refractivity contribution < 1.29 is 21.7 Å². The fourth-order valence-corrected chi connectivity index (χ4v) is 1.84. The lowest BCUT2D eigenvalue weighted by Gasteiger charge is -1.98. The third-order valence-corrected chi connectivity index (χ3v) is 3.57. The van der Waals surface area contributed by atoms with Crippen LogP contribution in [-0.2, 0) is 21.6 Å². The van der Waals surface area contributed by atoms with E-state index in [2.05, 4.69) is 36.6 Å². The molecule has 1 aromatic heterocycles. The van der Waals surface area contributed by atoms with Crippen molar-refractivity contribution >= 4 is 21.7 Å². The Balaban J connectivity index is 0.000000288. The Morgan fingerprint density at radius 3 is 1.80 bits per heavy atom. The van der Waals surface area contributed by atoms with Gasteiger partial charge in [-0.05, 0) is 6.92 Å². The summed E-state index contributed by atoms with van der Waals surface area (Å²) in [5.41, 5.74) is 1.39. The highest BCUT2D eigenvalue weighted by Gasteiger charge is 2.11. The number of rotatable bonds is 1. The highest BCUT2D eigenvalue weighted by molar-refractivity contribution is 7.80. The molecule has 0 bridgehead atoms. The van der Waals surface area contributed by atoms with Crippen molar-refractivity contribution in [3.05, 3.63) is 15.6 Å². The van der Waals surface area contributed by atoms with Gasteiger partial charge in [-0.15, -0.1) is 0 Å². The molecule has 1 rings (SSSR count). The SMILES string of the molecule is COS(=O)(=O)[O-].Cc1sc(C)[n+](C)c1C. The first-order valence-electron chi connectivity index (χ1n) is 4.13. The molecule has 88 valence electrons. The summed E-state index contributed by atoms with van der Waals surface area (Å²) in [7, 11) is -1.50. The van der Waals surface area contributed by atoms with Crippen LogP contribution in [0.3, 0.4) is 0 Å². The van der Waals surface area contributed by atoms with Gasteiger partial charge in [0.15, 0.2) is 5.69 Å². The molecule has 15 heavy (non-hydrogen) atoms. The quantitative estimate of drug-likeness (QED) is 0.417. The topological polar surface area (TPSA) is 70.3 Å². The van der Waals surface area contributed by atoms with E-state index in [1.54, 1.807) is 0 Å². The molecule has 0 unspecified atom stereocenters. The molecule has 1 aromatic rings. The maximum Gasteiger partial charge on any atom is 0.234 e.